The van der Waals surface area contributed by atoms with Crippen molar-refractivity contribution in [3.05, 3.63) is 71.8 Å². The molecule has 39 heavy (non-hydrogen) atoms. The van der Waals surface area contributed by atoms with Crippen LogP contribution in [-0.2, 0) is 11.2 Å². The number of amides is 2. The molecule has 2 amide bonds. The SMILES string of the molecule is Cc1ccc2c(c1)N(c1ccc(NCCc3ncc[nH]3)cc1)C(=O)N(C1CCCCO1)N=C2C1CCCCC1. The van der Waals surface area contributed by atoms with E-state index < -0.39 is 0 Å². The topological polar surface area (TPSA) is 85.9 Å². The molecule has 1 saturated heterocycles. The van der Waals surface area contributed by atoms with E-state index in [1.54, 1.807) is 11.2 Å². The maximum absolute atomic E-state index is 14.4. The lowest BCUT2D eigenvalue weighted by atomic mass is 9.82. The summed E-state index contributed by atoms with van der Waals surface area (Å²) < 4.78 is 6.13. The Hall–Kier alpha value is -3.65. The number of aromatic amines is 1. The Kier molecular flexibility index (Phi) is 7.63. The lowest BCUT2D eigenvalue weighted by Gasteiger charge is -2.33. The van der Waals surface area contributed by atoms with Crippen LogP contribution in [0.1, 0.15) is 68.3 Å². The van der Waals surface area contributed by atoms with Crippen LogP contribution in [0.3, 0.4) is 0 Å². The Labute approximate surface area is 230 Å². The third kappa shape index (κ3) is 5.57. The predicted molar refractivity (Wildman–Crippen MR) is 154 cm³/mol. The molecule has 0 radical (unpaired) electrons. The van der Waals surface area contributed by atoms with Crippen LogP contribution >= 0.6 is 0 Å². The van der Waals surface area contributed by atoms with Gasteiger partial charge in [0.2, 0.25) is 0 Å². The normalized spacial score (nSPS) is 20.4. The first kappa shape index (κ1) is 25.6. The summed E-state index contributed by atoms with van der Waals surface area (Å²) in [7, 11) is 0. The van der Waals surface area contributed by atoms with Crippen molar-refractivity contribution >= 4 is 28.8 Å². The second kappa shape index (κ2) is 11.6. The standard InChI is InChI=1S/C31H38N6O2/c1-22-10-15-26-27(21-22)36(25-13-11-24(12-14-25)32-17-16-28-33-18-19-34-28)31(38)37(29-9-5-6-20-39-29)35-30(26)23-7-3-2-4-8-23/h10-15,18-19,21,23,29,32H,2-9,16-17,20H2,1H3,(H,33,34). The van der Waals surface area contributed by atoms with Gasteiger partial charge in [0.25, 0.3) is 0 Å². The number of hydrogen-bond acceptors (Lipinski definition) is 5. The fraction of sp³-hybridized carbons (Fsp3) is 0.452. The molecular weight excluding hydrogens is 488 g/mol. The smallest absolute Gasteiger partial charge is 0.351 e. The molecule has 2 N–H and O–H groups in total. The molecule has 3 heterocycles. The number of ether oxygens (including phenoxy) is 1. The number of hydrazone groups is 1. The van der Waals surface area contributed by atoms with Crippen LogP contribution in [0.2, 0.25) is 0 Å². The molecule has 0 spiro atoms. The quantitative estimate of drug-likeness (QED) is 0.356. The van der Waals surface area contributed by atoms with Crippen molar-refractivity contribution in [3.8, 4) is 0 Å². The number of aromatic nitrogens is 2. The number of carbonyl (C=O) groups is 1. The summed E-state index contributed by atoms with van der Waals surface area (Å²) >= 11 is 0. The number of imidazole rings is 1. The second-order valence-electron chi connectivity index (χ2n) is 10.9. The van der Waals surface area contributed by atoms with Gasteiger partial charge in [-0.25, -0.2) is 9.78 Å². The van der Waals surface area contributed by atoms with Gasteiger partial charge in [-0.1, -0.05) is 31.4 Å². The molecular formula is C31H38N6O2. The number of aryl methyl sites for hydroxylation is 1. The average molecular weight is 527 g/mol. The van der Waals surface area contributed by atoms with Crippen molar-refractivity contribution in [3.63, 3.8) is 0 Å². The van der Waals surface area contributed by atoms with Gasteiger partial charge in [0.15, 0.2) is 6.23 Å². The van der Waals surface area contributed by atoms with Gasteiger partial charge in [0, 0.05) is 49.1 Å². The predicted octanol–water partition coefficient (Wildman–Crippen LogP) is 6.76. The van der Waals surface area contributed by atoms with Crippen LogP contribution in [0.15, 0.2) is 60.0 Å². The molecule has 1 unspecified atom stereocenters. The highest BCUT2D eigenvalue weighted by Gasteiger charge is 2.38. The van der Waals surface area contributed by atoms with Gasteiger partial charge in [-0.15, -0.1) is 0 Å². The summed E-state index contributed by atoms with van der Waals surface area (Å²) in [6, 6.07) is 14.4. The number of carbonyl (C=O) groups excluding carboxylic acids is 1. The first-order valence-electron chi connectivity index (χ1n) is 14.4. The Morgan fingerprint density at radius 1 is 1.03 bits per heavy atom. The maximum atomic E-state index is 14.4. The Bertz CT molecular complexity index is 1290. The molecule has 8 nitrogen and oxygen atoms in total. The molecule has 2 aliphatic heterocycles. The summed E-state index contributed by atoms with van der Waals surface area (Å²) in [5, 5.41) is 10.3. The molecule has 204 valence electrons. The monoisotopic (exact) mass is 526 g/mol. The van der Waals surface area contributed by atoms with Crippen molar-refractivity contribution < 1.29 is 9.53 Å². The number of hydrogen-bond donors (Lipinski definition) is 2. The third-order valence-corrected chi connectivity index (χ3v) is 8.06. The van der Waals surface area contributed by atoms with E-state index in [0.29, 0.717) is 12.5 Å². The zero-order valence-corrected chi connectivity index (χ0v) is 22.7. The molecule has 6 rings (SSSR count). The zero-order chi connectivity index (χ0) is 26.6. The Balaban J connectivity index is 1.35. The van der Waals surface area contributed by atoms with Gasteiger partial charge in [-0.3, -0.25) is 4.90 Å². The number of nitrogens with zero attached hydrogens (tertiary/aromatic N) is 4. The summed E-state index contributed by atoms with van der Waals surface area (Å²) in [6.45, 7) is 3.51. The van der Waals surface area contributed by atoms with Crippen molar-refractivity contribution in [1.29, 1.82) is 0 Å². The van der Waals surface area contributed by atoms with Crippen molar-refractivity contribution in [1.82, 2.24) is 15.0 Å². The Morgan fingerprint density at radius 3 is 2.59 bits per heavy atom. The minimum absolute atomic E-state index is 0.155. The number of urea groups is 1. The van der Waals surface area contributed by atoms with Crippen molar-refractivity contribution in [2.75, 3.05) is 23.4 Å². The van der Waals surface area contributed by atoms with Crippen LogP contribution in [-0.4, -0.2) is 46.1 Å². The first-order valence-corrected chi connectivity index (χ1v) is 14.4. The van der Waals surface area contributed by atoms with E-state index in [1.165, 1.54) is 19.3 Å². The van der Waals surface area contributed by atoms with Gasteiger partial charge < -0.3 is 15.0 Å². The third-order valence-electron chi connectivity index (χ3n) is 8.06. The van der Waals surface area contributed by atoms with E-state index in [4.69, 9.17) is 9.84 Å². The van der Waals surface area contributed by atoms with Crippen LogP contribution < -0.4 is 10.2 Å². The zero-order valence-electron chi connectivity index (χ0n) is 22.7. The van der Waals surface area contributed by atoms with Gasteiger partial charge >= 0.3 is 6.03 Å². The summed E-state index contributed by atoms with van der Waals surface area (Å²) in [5.41, 5.74) is 5.94. The molecule has 2 fully saturated rings. The summed E-state index contributed by atoms with van der Waals surface area (Å²) in [6.07, 6.45) is 12.8. The number of nitrogens with one attached hydrogen (secondary N) is 2. The minimum Gasteiger partial charge on any atom is -0.385 e. The Morgan fingerprint density at radius 2 is 1.85 bits per heavy atom. The molecule has 1 saturated carbocycles. The number of benzene rings is 2. The lowest BCUT2D eigenvalue weighted by Crippen LogP contribution is -2.45. The van der Waals surface area contributed by atoms with Crippen LogP contribution in [0.4, 0.5) is 21.9 Å². The maximum Gasteiger partial charge on any atom is 0.351 e. The molecule has 1 aliphatic carbocycles. The highest BCUT2D eigenvalue weighted by Crippen LogP contribution is 2.39. The van der Waals surface area contributed by atoms with Crippen molar-refractivity contribution in [2.24, 2.45) is 11.0 Å². The number of rotatable bonds is 7. The summed E-state index contributed by atoms with van der Waals surface area (Å²) in [5.74, 6) is 1.31. The molecule has 3 aromatic rings. The highest BCUT2D eigenvalue weighted by atomic mass is 16.5. The second-order valence-corrected chi connectivity index (χ2v) is 10.9. The summed E-state index contributed by atoms with van der Waals surface area (Å²) in [4.78, 5) is 23.6. The number of fused-ring (bicyclic) bond motifs is 1. The van der Waals surface area contributed by atoms with E-state index in [1.807, 2.05) is 35.4 Å². The molecule has 8 heteroatoms. The molecule has 0 bridgehead atoms. The lowest BCUT2D eigenvalue weighted by molar-refractivity contribution is -0.0634. The fourth-order valence-corrected chi connectivity index (χ4v) is 5.98. The van der Waals surface area contributed by atoms with E-state index in [-0.39, 0.29) is 12.3 Å². The van der Waals surface area contributed by atoms with Gasteiger partial charge in [0.05, 0.1) is 17.1 Å². The fourth-order valence-electron chi connectivity index (χ4n) is 5.98. The number of anilines is 3. The molecule has 2 aromatic carbocycles. The first-order chi connectivity index (χ1) is 19.2. The van der Waals surface area contributed by atoms with Crippen LogP contribution in [0, 0.1) is 12.8 Å². The largest absolute Gasteiger partial charge is 0.385 e. The van der Waals surface area contributed by atoms with Crippen LogP contribution in [0.25, 0.3) is 0 Å². The molecule has 3 aliphatic rings. The minimum atomic E-state index is -0.342. The average Bonchev–Trinajstić information content (AvgIpc) is 3.46. The van der Waals surface area contributed by atoms with Gasteiger partial charge in [-0.2, -0.15) is 10.1 Å². The van der Waals surface area contributed by atoms with E-state index >= 15 is 0 Å². The highest BCUT2D eigenvalue weighted by molar-refractivity contribution is 6.14. The van der Waals surface area contributed by atoms with Crippen molar-refractivity contribution in [2.45, 2.75) is 70.9 Å². The van der Waals surface area contributed by atoms with E-state index in [9.17, 15) is 4.79 Å². The van der Waals surface area contributed by atoms with E-state index in [2.05, 4.69) is 40.4 Å². The number of H-pyrrole nitrogens is 1. The van der Waals surface area contributed by atoms with Gasteiger partial charge in [0.1, 0.15) is 5.82 Å². The molecule has 1 aromatic heterocycles. The van der Waals surface area contributed by atoms with Crippen LogP contribution in [0.5, 0.6) is 0 Å². The molecule has 1 atom stereocenters. The van der Waals surface area contributed by atoms with Gasteiger partial charge in [-0.05, 0) is 74.9 Å². The van der Waals surface area contributed by atoms with E-state index in [0.717, 1.165) is 84.8 Å².